The maximum Gasteiger partial charge on any atom is 0.352 e. The van der Waals surface area contributed by atoms with E-state index in [-0.39, 0.29) is 29.0 Å². The van der Waals surface area contributed by atoms with Crippen LogP contribution in [0, 0.1) is 5.92 Å². The summed E-state index contributed by atoms with van der Waals surface area (Å²) in [6, 6.07) is 9.64. The Balaban J connectivity index is 1.73. The van der Waals surface area contributed by atoms with Crippen molar-refractivity contribution in [3.8, 4) is 11.1 Å². The van der Waals surface area contributed by atoms with Crippen LogP contribution in [0.1, 0.15) is 45.2 Å². The summed E-state index contributed by atoms with van der Waals surface area (Å²) in [7, 11) is 1.21. The van der Waals surface area contributed by atoms with Crippen molar-refractivity contribution in [3.05, 3.63) is 64.3 Å². The van der Waals surface area contributed by atoms with Gasteiger partial charge in [-0.1, -0.05) is 24.3 Å². The number of carboxylic acid groups (broad SMARTS) is 1. The van der Waals surface area contributed by atoms with Gasteiger partial charge < -0.3 is 19.8 Å². The van der Waals surface area contributed by atoms with E-state index in [0.717, 1.165) is 0 Å². The number of esters is 1. The average molecular weight is 433 g/mol. The minimum Gasteiger partial charge on any atom is -0.477 e. The number of amides is 1. The van der Waals surface area contributed by atoms with Gasteiger partial charge in [-0.05, 0) is 47.7 Å². The molecule has 0 unspecified atom stereocenters. The molecule has 0 saturated carbocycles. The van der Waals surface area contributed by atoms with E-state index in [4.69, 9.17) is 4.74 Å². The predicted molar refractivity (Wildman–Crippen MR) is 112 cm³/mol. The van der Waals surface area contributed by atoms with Crippen molar-refractivity contribution in [2.75, 3.05) is 7.11 Å². The van der Waals surface area contributed by atoms with Gasteiger partial charge in [-0.2, -0.15) is 0 Å². The zero-order valence-electron chi connectivity index (χ0n) is 17.3. The molecule has 1 aliphatic carbocycles. The molecule has 5 rings (SSSR count). The Labute approximate surface area is 182 Å². The highest BCUT2D eigenvalue weighted by Gasteiger charge is 2.56. The number of carbonyl (C=O) groups excluding carboxylic acids is 3. The van der Waals surface area contributed by atoms with E-state index < -0.39 is 35.9 Å². The van der Waals surface area contributed by atoms with Crippen LogP contribution < -0.4 is 0 Å². The SMILES string of the molecule is COC(=O)c1cc(C2=C(C(=O)O)N3C(=O)[C@H]([C@@H](C)O)[C@H]3C2)cc2c1C(=O)c1ccccc1-2. The number of nitrogens with zero attached hydrogens (tertiary/aromatic N) is 1. The van der Waals surface area contributed by atoms with Crippen LogP contribution in [0.5, 0.6) is 0 Å². The van der Waals surface area contributed by atoms with Crippen molar-refractivity contribution < 1.29 is 34.1 Å². The average Bonchev–Trinajstić information content (AvgIpc) is 3.26. The quantitative estimate of drug-likeness (QED) is 0.477. The van der Waals surface area contributed by atoms with Crippen molar-refractivity contribution in [1.82, 2.24) is 4.90 Å². The molecule has 8 nitrogen and oxygen atoms in total. The largest absolute Gasteiger partial charge is 0.477 e. The van der Waals surface area contributed by atoms with E-state index in [1.807, 2.05) is 0 Å². The smallest absolute Gasteiger partial charge is 0.352 e. The zero-order chi connectivity index (χ0) is 22.9. The number of ketones is 1. The van der Waals surface area contributed by atoms with E-state index in [1.165, 1.54) is 25.0 Å². The van der Waals surface area contributed by atoms with Crippen LogP contribution in [0.3, 0.4) is 0 Å². The van der Waals surface area contributed by atoms with Crippen molar-refractivity contribution in [3.63, 3.8) is 0 Å². The molecule has 2 N–H and O–H groups in total. The molecule has 3 aliphatic rings. The third kappa shape index (κ3) is 2.53. The van der Waals surface area contributed by atoms with Gasteiger partial charge >= 0.3 is 11.9 Å². The summed E-state index contributed by atoms with van der Waals surface area (Å²) < 4.78 is 4.90. The molecule has 0 spiro atoms. The molecule has 2 heterocycles. The Hall–Kier alpha value is -3.78. The first-order chi connectivity index (χ1) is 15.3. The minimum atomic E-state index is -1.27. The molecule has 3 atom stereocenters. The highest BCUT2D eigenvalue weighted by atomic mass is 16.5. The third-order valence-electron chi connectivity index (χ3n) is 6.51. The second-order valence-corrected chi connectivity index (χ2v) is 8.19. The number of aliphatic hydroxyl groups excluding tert-OH is 1. The number of benzene rings is 2. The Kier molecular flexibility index (Phi) is 4.32. The van der Waals surface area contributed by atoms with Crippen LogP contribution >= 0.6 is 0 Å². The number of aliphatic hydroxyl groups is 1. The lowest BCUT2D eigenvalue weighted by Gasteiger charge is -2.44. The Bertz CT molecular complexity index is 1270. The highest BCUT2D eigenvalue weighted by Crippen LogP contribution is 2.48. The first-order valence-electron chi connectivity index (χ1n) is 10.1. The molecule has 0 aromatic heterocycles. The molecular formula is C24H19NO7. The van der Waals surface area contributed by atoms with Crippen molar-refractivity contribution >= 4 is 29.2 Å². The number of methoxy groups -OCH3 is 1. The molecule has 2 aliphatic heterocycles. The van der Waals surface area contributed by atoms with Gasteiger partial charge in [0.2, 0.25) is 5.91 Å². The maximum atomic E-state index is 13.0. The Morgan fingerprint density at radius 1 is 1.12 bits per heavy atom. The molecule has 1 amide bonds. The van der Waals surface area contributed by atoms with Crippen LogP contribution in [0.4, 0.5) is 0 Å². The molecule has 0 radical (unpaired) electrons. The van der Waals surface area contributed by atoms with Crippen LogP contribution in [0.15, 0.2) is 42.1 Å². The molecular weight excluding hydrogens is 414 g/mol. The number of ether oxygens (including phenoxy) is 1. The molecule has 2 aromatic carbocycles. The molecule has 162 valence electrons. The topological polar surface area (TPSA) is 121 Å². The van der Waals surface area contributed by atoms with Crippen molar-refractivity contribution in [2.45, 2.75) is 25.5 Å². The number of aliphatic carboxylic acids is 1. The van der Waals surface area contributed by atoms with Gasteiger partial charge in [0.25, 0.3) is 0 Å². The van der Waals surface area contributed by atoms with Crippen LogP contribution in [0.25, 0.3) is 16.7 Å². The number of carbonyl (C=O) groups is 4. The van der Waals surface area contributed by atoms with Gasteiger partial charge in [0.15, 0.2) is 5.78 Å². The first kappa shape index (κ1) is 20.1. The van der Waals surface area contributed by atoms with Crippen LogP contribution in [-0.2, 0) is 14.3 Å². The number of fused-ring (bicyclic) bond motifs is 4. The zero-order valence-corrected chi connectivity index (χ0v) is 17.3. The van der Waals surface area contributed by atoms with Crippen molar-refractivity contribution in [2.24, 2.45) is 5.92 Å². The summed E-state index contributed by atoms with van der Waals surface area (Å²) in [5.41, 5.74) is 2.54. The van der Waals surface area contributed by atoms with E-state index in [0.29, 0.717) is 27.8 Å². The number of rotatable bonds is 4. The van der Waals surface area contributed by atoms with Gasteiger partial charge in [0.05, 0.1) is 30.7 Å². The van der Waals surface area contributed by atoms with E-state index in [9.17, 15) is 29.4 Å². The second-order valence-electron chi connectivity index (χ2n) is 8.19. The summed E-state index contributed by atoms with van der Waals surface area (Å²) in [5.74, 6) is -3.39. The molecule has 8 heteroatoms. The van der Waals surface area contributed by atoms with Gasteiger partial charge in [0, 0.05) is 11.1 Å². The van der Waals surface area contributed by atoms with E-state index >= 15 is 0 Å². The molecule has 1 saturated heterocycles. The first-order valence-corrected chi connectivity index (χ1v) is 10.1. The van der Waals surface area contributed by atoms with Crippen molar-refractivity contribution in [1.29, 1.82) is 0 Å². The van der Waals surface area contributed by atoms with Gasteiger partial charge in [0.1, 0.15) is 5.70 Å². The van der Waals surface area contributed by atoms with Gasteiger partial charge in [-0.25, -0.2) is 9.59 Å². The highest BCUT2D eigenvalue weighted by molar-refractivity contribution is 6.25. The molecule has 1 fully saturated rings. The summed E-state index contributed by atoms with van der Waals surface area (Å²) >= 11 is 0. The molecule has 2 aromatic rings. The number of hydrogen-bond donors (Lipinski definition) is 2. The van der Waals surface area contributed by atoms with E-state index in [1.54, 1.807) is 30.3 Å². The number of hydrogen-bond acceptors (Lipinski definition) is 6. The monoisotopic (exact) mass is 433 g/mol. The fourth-order valence-corrected chi connectivity index (χ4v) is 5.12. The van der Waals surface area contributed by atoms with Gasteiger partial charge in [-0.3, -0.25) is 9.59 Å². The number of carboxylic acids is 1. The Morgan fingerprint density at radius 2 is 1.81 bits per heavy atom. The minimum absolute atomic E-state index is 0.0473. The summed E-state index contributed by atoms with van der Waals surface area (Å²) in [5, 5.41) is 19.8. The summed E-state index contributed by atoms with van der Waals surface area (Å²) in [4.78, 5) is 51.4. The maximum absolute atomic E-state index is 13.0. The Morgan fingerprint density at radius 3 is 2.44 bits per heavy atom. The van der Waals surface area contributed by atoms with Gasteiger partial charge in [-0.15, -0.1) is 0 Å². The van der Waals surface area contributed by atoms with E-state index in [2.05, 4.69) is 0 Å². The number of β-lactam (4-membered cyclic amide) rings is 1. The normalized spacial score (nSPS) is 21.7. The van der Waals surface area contributed by atoms with Crippen LogP contribution in [-0.4, -0.2) is 58.0 Å². The molecule has 32 heavy (non-hydrogen) atoms. The predicted octanol–water partition coefficient (Wildman–Crippen LogP) is 2.09. The lowest BCUT2D eigenvalue weighted by Crippen LogP contribution is -2.61. The standard InChI is InChI=1S/C24H19NO7/c1-10(26)18-17-9-14(20(23(29)30)25(17)22(18)28)11-7-15-12-5-3-4-6-13(12)21(27)19(15)16(8-11)24(31)32-2/h3-8,10,17-18,26H,9H2,1-2H3,(H,29,30)/t10-,17-,18-/m1/s1. The second kappa shape index (κ2) is 6.86. The lowest BCUT2D eigenvalue weighted by atomic mass is 9.82. The third-order valence-corrected chi connectivity index (χ3v) is 6.51. The fourth-order valence-electron chi connectivity index (χ4n) is 5.12. The summed E-state index contributed by atoms with van der Waals surface area (Å²) in [6.07, 6.45) is -0.689. The fraction of sp³-hybridized carbons (Fsp3) is 0.250. The lowest BCUT2D eigenvalue weighted by molar-refractivity contribution is -0.161. The molecule has 0 bridgehead atoms. The summed E-state index contributed by atoms with van der Waals surface area (Å²) in [6.45, 7) is 1.51. The van der Waals surface area contributed by atoms with Crippen LogP contribution in [0.2, 0.25) is 0 Å².